The highest BCUT2D eigenvalue weighted by Crippen LogP contribution is 2.20. The van der Waals surface area contributed by atoms with Crippen LogP contribution in [0.1, 0.15) is 15.9 Å². The Bertz CT molecular complexity index is 537. The molecule has 1 amide bonds. The van der Waals surface area contributed by atoms with Crippen LogP contribution >= 0.6 is 11.6 Å². The molecule has 2 aromatic carbocycles. The predicted molar refractivity (Wildman–Crippen MR) is 70.6 cm³/mol. The molecule has 0 unspecified atom stereocenters. The highest BCUT2D eigenvalue weighted by atomic mass is 35.5. The van der Waals surface area contributed by atoms with Crippen molar-refractivity contribution >= 4 is 23.2 Å². The van der Waals surface area contributed by atoms with E-state index in [0.29, 0.717) is 16.3 Å². The summed E-state index contributed by atoms with van der Waals surface area (Å²) in [6.07, 6.45) is 0. The molecule has 0 aliphatic rings. The molecule has 86 valence electrons. The Labute approximate surface area is 105 Å². The van der Waals surface area contributed by atoms with Gasteiger partial charge in [0.05, 0.1) is 0 Å². The van der Waals surface area contributed by atoms with Crippen molar-refractivity contribution in [3.05, 3.63) is 64.7 Å². The third kappa shape index (κ3) is 2.86. The average Bonchev–Trinajstić information content (AvgIpc) is 2.35. The van der Waals surface area contributed by atoms with E-state index in [-0.39, 0.29) is 5.91 Å². The van der Waals surface area contributed by atoms with Crippen LogP contribution in [0.5, 0.6) is 0 Å². The maximum absolute atomic E-state index is 11.9. The maximum atomic E-state index is 11.9. The summed E-state index contributed by atoms with van der Waals surface area (Å²) in [5.74, 6) is -0.134. The van der Waals surface area contributed by atoms with Crippen LogP contribution in [-0.4, -0.2) is 5.91 Å². The minimum absolute atomic E-state index is 0.134. The summed E-state index contributed by atoms with van der Waals surface area (Å²) < 4.78 is 0. The topological polar surface area (TPSA) is 29.1 Å². The number of carbonyl (C=O) groups excluding carboxylic acids is 1. The highest BCUT2D eigenvalue weighted by molar-refractivity contribution is 6.31. The van der Waals surface area contributed by atoms with Gasteiger partial charge in [-0.3, -0.25) is 4.79 Å². The van der Waals surface area contributed by atoms with E-state index in [1.54, 1.807) is 18.2 Å². The van der Waals surface area contributed by atoms with Crippen molar-refractivity contribution < 1.29 is 4.79 Å². The fourth-order valence-corrected chi connectivity index (χ4v) is 1.64. The number of benzene rings is 2. The van der Waals surface area contributed by atoms with Gasteiger partial charge in [0.2, 0.25) is 0 Å². The summed E-state index contributed by atoms with van der Waals surface area (Å²) in [5.41, 5.74) is 2.32. The van der Waals surface area contributed by atoms with Crippen LogP contribution in [0, 0.1) is 6.92 Å². The summed E-state index contributed by atoms with van der Waals surface area (Å²) in [6, 6.07) is 14.5. The van der Waals surface area contributed by atoms with Crippen LogP contribution in [0.25, 0.3) is 0 Å². The summed E-state index contributed by atoms with van der Waals surface area (Å²) in [6.45, 7) is 1.92. The molecule has 0 atom stereocenters. The SMILES string of the molecule is Cc1ccc(NC(=O)c2ccccc2)cc1Cl. The lowest BCUT2D eigenvalue weighted by molar-refractivity contribution is 0.102. The lowest BCUT2D eigenvalue weighted by atomic mass is 10.2. The molecule has 0 heterocycles. The number of rotatable bonds is 2. The Balaban J connectivity index is 2.16. The third-order valence-electron chi connectivity index (χ3n) is 2.47. The number of halogens is 1. The molecule has 0 aromatic heterocycles. The maximum Gasteiger partial charge on any atom is 0.255 e. The second-order valence-electron chi connectivity index (χ2n) is 3.78. The van der Waals surface area contributed by atoms with Crippen LogP contribution in [0.2, 0.25) is 5.02 Å². The molecule has 0 radical (unpaired) electrons. The molecular weight excluding hydrogens is 234 g/mol. The van der Waals surface area contributed by atoms with E-state index in [9.17, 15) is 4.79 Å². The molecule has 0 fully saturated rings. The number of anilines is 1. The molecule has 0 saturated heterocycles. The van der Waals surface area contributed by atoms with Crippen LogP contribution in [0.3, 0.4) is 0 Å². The van der Waals surface area contributed by atoms with E-state index < -0.39 is 0 Å². The van der Waals surface area contributed by atoms with Gasteiger partial charge in [0.25, 0.3) is 5.91 Å². The van der Waals surface area contributed by atoms with E-state index >= 15 is 0 Å². The quantitative estimate of drug-likeness (QED) is 0.854. The lowest BCUT2D eigenvalue weighted by Gasteiger charge is -2.06. The number of nitrogens with one attached hydrogen (secondary N) is 1. The first kappa shape index (κ1) is 11.7. The van der Waals surface area contributed by atoms with Crippen molar-refractivity contribution in [1.29, 1.82) is 0 Å². The Morgan fingerprint density at radius 1 is 1.12 bits per heavy atom. The van der Waals surface area contributed by atoms with Gasteiger partial charge in [-0.15, -0.1) is 0 Å². The van der Waals surface area contributed by atoms with Gasteiger partial charge >= 0.3 is 0 Å². The fourth-order valence-electron chi connectivity index (χ4n) is 1.46. The van der Waals surface area contributed by atoms with E-state index in [0.717, 1.165) is 5.56 Å². The number of hydrogen-bond donors (Lipinski definition) is 1. The molecule has 0 bridgehead atoms. The highest BCUT2D eigenvalue weighted by Gasteiger charge is 2.05. The van der Waals surface area contributed by atoms with Crippen LogP contribution in [0.4, 0.5) is 5.69 Å². The zero-order valence-electron chi connectivity index (χ0n) is 9.41. The molecule has 0 aliphatic carbocycles. The molecule has 3 heteroatoms. The fraction of sp³-hybridized carbons (Fsp3) is 0.0714. The number of hydrogen-bond acceptors (Lipinski definition) is 1. The van der Waals surface area contributed by atoms with Gasteiger partial charge in [-0.1, -0.05) is 35.9 Å². The molecule has 1 N–H and O–H groups in total. The summed E-state index contributed by atoms with van der Waals surface area (Å²) in [5, 5.41) is 3.45. The van der Waals surface area contributed by atoms with Gasteiger partial charge in [-0.25, -0.2) is 0 Å². The molecule has 0 aliphatic heterocycles. The standard InChI is InChI=1S/C14H12ClNO/c1-10-7-8-12(9-13(10)15)16-14(17)11-5-3-2-4-6-11/h2-9H,1H3,(H,16,17). The zero-order chi connectivity index (χ0) is 12.3. The number of aryl methyl sites for hydroxylation is 1. The van der Waals surface area contributed by atoms with Gasteiger partial charge in [-0.05, 0) is 36.8 Å². The summed E-state index contributed by atoms with van der Waals surface area (Å²) >= 11 is 5.99. The summed E-state index contributed by atoms with van der Waals surface area (Å²) in [4.78, 5) is 11.9. The minimum atomic E-state index is -0.134. The molecule has 17 heavy (non-hydrogen) atoms. The second kappa shape index (κ2) is 5.02. The first-order chi connectivity index (χ1) is 8.16. The third-order valence-corrected chi connectivity index (χ3v) is 2.87. The van der Waals surface area contributed by atoms with Gasteiger partial charge in [-0.2, -0.15) is 0 Å². The van der Waals surface area contributed by atoms with Crippen LogP contribution in [0.15, 0.2) is 48.5 Å². The predicted octanol–water partition coefficient (Wildman–Crippen LogP) is 3.90. The van der Waals surface area contributed by atoms with E-state index in [4.69, 9.17) is 11.6 Å². The van der Waals surface area contributed by atoms with Crippen molar-refractivity contribution in [2.24, 2.45) is 0 Å². The second-order valence-corrected chi connectivity index (χ2v) is 4.19. The average molecular weight is 246 g/mol. The normalized spacial score (nSPS) is 10.0. The van der Waals surface area contributed by atoms with Gasteiger partial charge in [0.15, 0.2) is 0 Å². The molecule has 0 spiro atoms. The lowest BCUT2D eigenvalue weighted by Crippen LogP contribution is -2.11. The molecule has 2 rings (SSSR count). The first-order valence-electron chi connectivity index (χ1n) is 5.29. The monoisotopic (exact) mass is 245 g/mol. The zero-order valence-corrected chi connectivity index (χ0v) is 10.2. The van der Waals surface area contributed by atoms with Crippen LogP contribution < -0.4 is 5.32 Å². The Hall–Kier alpha value is -1.80. The Morgan fingerprint density at radius 2 is 1.82 bits per heavy atom. The van der Waals surface area contributed by atoms with Crippen molar-refractivity contribution in [2.75, 3.05) is 5.32 Å². The van der Waals surface area contributed by atoms with Crippen molar-refractivity contribution in [3.63, 3.8) is 0 Å². The van der Waals surface area contributed by atoms with Crippen molar-refractivity contribution in [2.45, 2.75) is 6.92 Å². The van der Waals surface area contributed by atoms with Gasteiger partial charge < -0.3 is 5.32 Å². The van der Waals surface area contributed by atoms with Crippen molar-refractivity contribution in [3.8, 4) is 0 Å². The minimum Gasteiger partial charge on any atom is -0.322 e. The van der Waals surface area contributed by atoms with Gasteiger partial charge in [0.1, 0.15) is 0 Å². The molecule has 2 nitrogen and oxygen atoms in total. The smallest absolute Gasteiger partial charge is 0.255 e. The molecule has 0 saturated carbocycles. The Morgan fingerprint density at radius 3 is 2.47 bits per heavy atom. The van der Waals surface area contributed by atoms with Crippen LogP contribution in [-0.2, 0) is 0 Å². The number of amides is 1. The van der Waals surface area contributed by atoms with E-state index in [2.05, 4.69) is 5.32 Å². The van der Waals surface area contributed by atoms with Gasteiger partial charge in [0, 0.05) is 16.3 Å². The summed E-state index contributed by atoms with van der Waals surface area (Å²) in [7, 11) is 0. The molecule has 2 aromatic rings. The number of carbonyl (C=O) groups is 1. The van der Waals surface area contributed by atoms with Crippen molar-refractivity contribution in [1.82, 2.24) is 0 Å². The van der Waals surface area contributed by atoms with E-state index in [1.807, 2.05) is 37.3 Å². The first-order valence-corrected chi connectivity index (χ1v) is 5.67. The Kier molecular flexibility index (Phi) is 3.45. The molecular formula is C14H12ClNO. The van der Waals surface area contributed by atoms with E-state index in [1.165, 1.54) is 0 Å². The largest absolute Gasteiger partial charge is 0.322 e.